The van der Waals surface area contributed by atoms with E-state index in [1.165, 1.54) is 12.7 Å². The Bertz CT molecular complexity index is 1220. The zero-order chi connectivity index (χ0) is 22.8. The normalized spacial score (nSPS) is 13.1. The van der Waals surface area contributed by atoms with Gasteiger partial charge in [-0.05, 0) is 59.4 Å². The summed E-state index contributed by atoms with van der Waals surface area (Å²) in [4.78, 5) is 25.5. The third-order valence-electron chi connectivity index (χ3n) is 5.95. The van der Waals surface area contributed by atoms with Crippen LogP contribution < -0.4 is 11.1 Å². The second kappa shape index (κ2) is 8.67. The lowest BCUT2D eigenvalue weighted by Crippen LogP contribution is -2.42. The van der Waals surface area contributed by atoms with Crippen molar-refractivity contribution in [2.24, 2.45) is 11.7 Å². The number of nitrogen functional groups attached to an aromatic ring is 1. The number of hydrogen-bond acceptors (Lipinski definition) is 4. The number of methoxy groups -OCH3 is 1. The number of benzene rings is 3. The molecule has 3 aromatic rings. The molecule has 32 heavy (non-hydrogen) atoms. The molecule has 4 rings (SSSR count). The summed E-state index contributed by atoms with van der Waals surface area (Å²) in [6.45, 7) is 1.80. The number of carbonyl (C=O) groups excluding carboxylic acids is 2. The summed E-state index contributed by atoms with van der Waals surface area (Å²) in [5.74, 6) is -1.27. The van der Waals surface area contributed by atoms with Gasteiger partial charge in [0.2, 0.25) is 0 Å². The Kier molecular flexibility index (Phi) is 5.77. The maximum Gasteiger partial charge on any atom is 0.311 e. The highest BCUT2D eigenvalue weighted by Crippen LogP contribution is 2.46. The second-order valence-electron chi connectivity index (χ2n) is 8.02. The van der Waals surface area contributed by atoms with E-state index in [1.54, 1.807) is 31.2 Å². The molecule has 0 fully saturated rings. The van der Waals surface area contributed by atoms with Gasteiger partial charge in [-0.1, -0.05) is 48.5 Å². The van der Waals surface area contributed by atoms with Gasteiger partial charge < -0.3 is 15.8 Å². The van der Waals surface area contributed by atoms with Crippen LogP contribution in [0.1, 0.15) is 28.4 Å². The van der Waals surface area contributed by atoms with Crippen LogP contribution in [0.4, 0.5) is 0 Å². The van der Waals surface area contributed by atoms with E-state index in [2.05, 4.69) is 11.4 Å². The highest BCUT2D eigenvalue weighted by atomic mass is 16.5. The summed E-state index contributed by atoms with van der Waals surface area (Å²) in [7, 11) is 1.34. The number of fused-ring (bicyclic) bond motifs is 4. The standard InChI is InChI=1S/C26H25N3O3/c1-15(22(26(31)32-2)13-16-6-5-7-17(12-16)24(27)28)29-25(30)18-10-11-21-19-8-3-4-9-20(19)23(21)14-18/h3-12,14-15,22H,13H2,1-2H3,(H3,27,28)(H,29,30). The minimum Gasteiger partial charge on any atom is -0.469 e. The Morgan fingerprint density at radius 1 is 0.938 bits per heavy atom. The lowest BCUT2D eigenvalue weighted by Gasteiger charge is -2.26. The first-order chi connectivity index (χ1) is 15.4. The predicted octanol–water partition coefficient (Wildman–Crippen LogP) is 3.77. The molecule has 0 heterocycles. The van der Waals surface area contributed by atoms with E-state index >= 15 is 0 Å². The first-order valence-corrected chi connectivity index (χ1v) is 10.4. The third kappa shape index (κ3) is 3.99. The fourth-order valence-corrected chi connectivity index (χ4v) is 4.16. The maximum atomic E-state index is 13.0. The fraction of sp³-hybridized carbons (Fsp3) is 0.192. The molecule has 0 aromatic heterocycles. The summed E-state index contributed by atoms with van der Waals surface area (Å²) in [6.07, 6.45) is 0.354. The summed E-state index contributed by atoms with van der Waals surface area (Å²) in [6, 6.07) is 20.5. The molecule has 2 unspecified atom stereocenters. The Morgan fingerprint density at radius 3 is 2.31 bits per heavy atom. The number of amides is 1. The van der Waals surface area contributed by atoms with Crippen LogP contribution in [0, 0.1) is 11.3 Å². The van der Waals surface area contributed by atoms with Gasteiger partial charge in [0, 0.05) is 17.2 Å². The molecule has 0 radical (unpaired) electrons. The molecule has 1 aliphatic rings. The van der Waals surface area contributed by atoms with Gasteiger partial charge in [-0.15, -0.1) is 0 Å². The van der Waals surface area contributed by atoms with Gasteiger partial charge in [0.05, 0.1) is 13.0 Å². The lowest BCUT2D eigenvalue weighted by molar-refractivity contribution is -0.146. The molecule has 6 heteroatoms. The van der Waals surface area contributed by atoms with Crippen LogP contribution in [0.15, 0.2) is 66.7 Å². The van der Waals surface area contributed by atoms with E-state index < -0.39 is 17.9 Å². The minimum atomic E-state index is -0.585. The largest absolute Gasteiger partial charge is 0.469 e. The van der Waals surface area contributed by atoms with Gasteiger partial charge in [0.1, 0.15) is 5.84 Å². The number of hydrogen-bond donors (Lipinski definition) is 3. The number of amidine groups is 1. The Morgan fingerprint density at radius 2 is 1.62 bits per heavy atom. The van der Waals surface area contributed by atoms with Gasteiger partial charge in [-0.3, -0.25) is 15.0 Å². The van der Waals surface area contributed by atoms with Crippen molar-refractivity contribution in [3.05, 3.63) is 83.4 Å². The number of nitrogens with two attached hydrogens (primary N) is 1. The van der Waals surface area contributed by atoms with E-state index in [1.807, 2.05) is 36.4 Å². The summed E-state index contributed by atoms with van der Waals surface area (Å²) in [5, 5.41) is 10.6. The first kappa shape index (κ1) is 21.3. The molecule has 0 saturated heterocycles. The molecular formula is C26H25N3O3. The summed E-state index contributed by atoms with van der Waals surface area (Å²) >= 11 is 0. The van der Waals surface area contributed by atoms with E-state index in [-0.39, 0.29) is 11.7 Å². The van der Waals surface area contributed by atoms with Crippen molar-refractivity contribution >= 4 is 17.7 Å². The van der Waals surface area contributed by atoms with Gasteiger partial charge in [-0.2, -0.15) is 0 Å². The van der Waals surface area contributed by atoms with Gasteiger partial charge in [-0.25, -0.2) is 0 Å². The number of rotatable bonds is 7. The molecule has 1 aliphatic carbocycles. The SMILES string of the molecule is COC(=O)C(Cc1cccc(C(=N)N)c1)C(C)NC(=O)c1ccc2c(c1)-c1ccccc1-2. The topological polar surface area (TPSA) is 105 Å². The summed E-state index contributed by atoms with van der Waals surface area (Å²) in [5.41, 5.74) is 12.1. The average Bonchev–Trinajstić information content (AvgIpc) is 2.80. The van der Waals surface area contributed by atoms with Crippen LogP contribution >= 0.6 is 0 Å². The van der Waals surface area contributed by atoms with Crippen LogP contribution in [0.5, 0.6) is 0 Å². The van der Waals surface area contributed by atoms with Gasteiger partial charge >= 0.3 is 5.97 Å². The van der Waals surface area contributed by atoms with Gasteiger partial charge in [0.15, 0.2) is 0 Å². The molecule has 162 valence electrons. The highest BCUT2D eigenvalue weighted by Gasteiger charge is 2.29. The lowest BCUT2D eigenvalue weighted by atomic mass is 9.80. The maximum absolute atomic E-state index is 13.0. The van der Waals surface area contributed by atoms with E-state index in [0.29, 0.717) is 17.5 Å². The molecule has 3 aromatic carbocycles. The van der Waals surface area contributed by atoms with Crippen molar-refractivity contribution in [1.82, 2.24) is 5.32 Å². The average molecular weight is 428 g/mol. The number of nitrogens with one attached hydrogen (secondary N) is 2. The van der Waals surface area contributed by atoms with E-state index in [9.17, 15) is 9.59 Å². The molecule has 0 aliphatic heterocycles. The number of ether oxygens (including phenoxy) is 1. The van der Waals surface area contributed by atoms with E-state index in [0.717, 1.165) is 22.3 Å². The highest BCUT2D eigenvalue weighted by molar-refractivity contribution is 6.06. The molecule has 2 atom stereocenters. The molecule has 0 saturated carbocycles. The van der Waals surface area contributed by atoms with Crippen molar-refractivity contribution in [1.29, 1.82) is 5.41 Å². The van der Waals surface area contributed by atoms with Crippen LogP contribution in [0.2, 0.25) is 0 Å². The first-order valence-electron chi connectivity index (χ1n) is 10.4. The zero-order valence-electron chi connectivity index (χ0n) is 18.0. The zero-order valence-corrected chi connectivity index (χ0v) is 18.0. The van der Waals surface area contributed by atoms with Crippen LogP contribution in [0.25, 0.3) is 22.3 Å². The van der Waals surface area contributed by atoms with Gasteiger partial charge in [0.25, 0.3) is 5.91 Å². The van der Waals surface area contributed by atoms with Crippen molar-refractivity contribution in [2.75, 3.05) is 7.11 Å². The quantitative estimate of drug-likeness (QED) is 0.237. The molecule has 6 nitrogen and oxygen atoms in total. The van der Waals surface area contributed by atoms with Crippen molar-refractivity contribution in [3.63, 3.8) is 0 Å². The number of esters is 1. The monoisotopic (exact) mass is 427 g/mol. The van der Waals surface area contributed by atoms with Crippen molar-refractivity contribution < 1.29 is 14.3 Å². The Hall–Kier alpha value is -3.93. The molecule has 4 N–H and O–H groups in total. The molecule has 1 amide bonds. The predicted molar refractivity (Wildman–Crippen MR) is 124 cm³/mol. The van der Waals surface area contributed by atoms with Crippen LogP contribution in [0.3, 0.4) is 0 Å². The van der Waals surface area contributed by atoms with E-state index in [4.69, 9.17) is 15.9 Å². The van der Waals surface area contributed by atoms with Crippen molar-refractivity contribution in [3.8, 4) is 22.3 Å². The molecule has 0 spiro atoms. The molecule has 0 bridgehead atoms. The Labute approximate surface area is 186 Å². The van der Waals surface area contributed by atoms with Crippen LogP contribution in [-0.4, -0.2) is 30.9 Å². The smallest absolute Gasteiger partial charge is 0.311 e. The molecular weight excluding hydrogens is 402 g/mol. The third-order valence-corrected chi connectivity index (χ3v) is 5.95. The minimum absolute atomic E-state index is 0.0370. The van der Waals surface area contributed by atoms with Crippen molar-refractivity contribution in [2.45, 2.75) is 19.4 Å². The second-order valence-corrected chi connectivity index (χ2v) is 8.02. The Balaban J connectivity index is 1.50. The fourth-order valence-electron chi connectivity index (χ4n) is 4.16. The number of carbonyl (C=O) groups is 2. The van der Waals surface area contributed by atoms with Crippen LogP contribution in [-0.2, 0) is 16.0 Å². The summed E-state index contributed by atoms with van der Waals surface area (Å²) < 4.78 is 5.00.